The molecule has 63 heavy (non-hydrogen) atoms. The molecule has 0 aliphatic carbocycles. The summed E-state index contributed by atoms with van der Waals surface area (Å²) in [6.07, 6.45) is 0. The van der Waals surface area contributed by atoms with Gasteiger partial charge in [0.25, 0.3) is 0 Å². The molecule has 13 aromatic rings. The number of halogens is 3. The van der Waals surface area contributed by atoms with E-state index in [1.54, 1.807) is 0 Å². The van der Waals surface area contributed by atoms with Crippen LogP contribution in [0.1, 0.15) is 0 Å². The first-order chi connectivity index (χ1) is 30.8. The van der Waals surface area contributed by atoms with Crippen molar-refractivity contribution >= 4 is 143 Å². The van der Waals surface area contributed by atoms with Gasteiger partial charge < -0.3 is 26.0 Å². The molecule has 0 saturated heterocycles. The van der Waals surface area contributed by atoms with E-state index >= 15 is 0 Å². The second kappa shape index (κ2) is 17.3. The van der Waals surface area contributed by atoms with Crippen molar-refractivity contribution < 1.29 is 0 Å². The van der Waals surface area contributed by atoms with Crippen molar-refractivity contribution in [3.05, 3.63) is 196 Å². The molecule has 0 unspecified atom stereocenters. The summed E-state index contributed by atoms with van der Waals surface area (Å²) in [6, 6.07) is 61.4. The van der Waals surface area contributed by atoms with Gasteiger partial charge in [0.1, 0.15) is 0 Å². The van der Waals surface area contributed by atoms with E-state index in [9.17, 15) is 0 Å². The summed E-state index contributed by atoms with van der Waals surface area (Å²) in [4.78, 5) is 23.2. The standard InChI is InChI=1S/C17H12BrN3.C17H11N3.C11H7ClN2.C6H6BrN/c18-13-7-3-4-8-14(13)19-17-20-15-9-11-5-1-2-6-12(11)10-16(15)21-17;1-2-6-12-10-16-14(9-11(12)5-1)19-17-18-13-7-3-4-8-15(13)20(16)17;12-11-13-9-5-7-3-1-2-4-8(7)6-10(9)14-11;7-5-3-1-2-4-6(5)8/h1-10H,(H2,19,20,21);1-10H,(H,18,19);1-6H,(H,13,14);1-4H,8H2. The van der Waals surface area contributed by atoms with Crippen LogP contribution in [0.5, 0.6) is 0 Å². The summed E-state index contributed by atoms with van der Waals surface area (Å²) in [5, 5.41) is 11.0. The van der Waals surface area contributed by atoms with Gasteiger partial charge in [0.15, 0.2) is 0 Å². The number of hydrogen-bond acceptors (Lipinski definition) is 5. The van der Waals surface area contributed by atoms with Crippen molar-refractivity contribution in [3.8, 4) is 0 Å². The Hall–Kier alpha value is -7.18. The normalized spacial score (nSPS) is 11.2. The van der Waals surface area contributed by atoms with Crippen LogP contribution in [0.15, 0.2) is 191 Å². The first-order valence-corrected chi connectivity index (χ1v) is 22.0. The summed E-state index contributed by atoms with van der Waals surface area (Å²) in [6.45, 7) is 0. The molecule has 0 aliphatic rings. The molecular formula is C51H36Br2ClN9. The van der Waals surface area contributed by atoms with E-state index in [1.165, 1.54) is 37.8 Å². The molecule has 0 bridgehead atoms. The first kappa shape index (κ1) is 39.9. The minimum Gasteiger partial charge on any atom is -0.398 e. The van der Waals surface area contributed by atoms with Gasteiger partial charge in [-0.15, -0.1) is 0 Å². The highest BCUT2D eigenvalue weighted by molar-refractivity contribution is 9.11. The van der Waals surface area contributed by atoms with Crippen LogP contribution in [0.3, 0.4) is 0 Å². The molecule has 306 valence electrons. The highest BCUT2D eigenvalue weighted by atomic mass is 79.9. The van der Waals surface area contributed by atoms with E-state index in [4.69, 9.17) is 17.3 Å². The predicted molar refractivity (Wildman–Crippen MR) is 270 cm³/mol. The number of nitrogens with zero attached hydrogens (tertiary/aromatic N) is 4. The fourth-order valence-corrected chi connectivity index (χ4v) is 8.44. The van der Waals surface area contributed by atoms with E-state index in [0.29, 0.717) is 5.28 Å². The summed E-state index contributed by atoms with van der Waals surface area (Å²) >= 11 is 12.6. The Kier molecular flexibility index (Phi) is 11.0. The third-order valence-corrected chi connectivity index (χ3v) is 12.2. The molecule has 12 heteroatoms. The number of aromatic amines is 3. The summed E-state index contributed by atoms with van der Waals surface area (Å²) < 4.78 is 4.16. The molecule has 6 N–H and O–H groups in total. The highest BCUT2D eigenvalue weighted by Crippen LogP contribution is 2.29. The Morgan fingerprint density at radius 3 is 1.59 bits per heavy atom. The van der Waals surface area contributed by atoms with Gasteiger partial charge in [-0.25, -0.2) is 15.0 Å². The quantitative estimate of drug-likeness (QED) is 0.110. The molecule has 0 aliphatic heterocycles. The lowest BCUT2D eigenvalue weighted by Gasteiger charge is -2.04. The van der Waals surface area contributed by atoms with Crippen LogP contribution in [0.2, 0.25) is 5.28 Å². The lowest BCUT2D eigenvalue weighted by Crippen LogP contribution is -1.92. The maximum atomic E-state index is 5.79. The van der Waals surface area contributed by atoms with Crippen LogP contribution >= 0.6 is 43.5 Å². The molecule has 0 amide bonds. The van der Waals surface area contributed by atoms with E-state index in [2.05, 4.69) is 162 Å². The van der Waals surface area contributed by atoms with E-state index < -0.39 is 0 Å². The van der Waals surface area contributed by atoms with Crippen molar-refractivity contribution in [2.75, 3.05) is 11.1 Å². The van der Waals surface area contributed by atoms with Crippen LogP contribution in [0.25, 0.3) is 82.2 Å². The van der Waals surface area contributed by atoms with Crippen LogP contribution in [0, 0.1) is 0 Å². The number of hydrogen-bond donors (Lipinski definition) is 5. The molecule has 9 nitrogen and oxygen atoms in total. The number of anilines is 3. The molecule has 13 rings (SSSR count). The number of fused-ring (bicyclic) bond motifs is 10. The zero-order valence-corrected chi connectivity index (χ0v) is 37.2. The van der Waals surface area contributed by atoms with Gasteiger partial charge in [0.05, 0.1) is 49.8 Å². The third kappa shape index (κ3) is 8.41. The average molecular weight is 970 g/mol. The fourth-order valence-electron chi connectivity index (χ4n) is 7.57. The monoisotopic (exact) mass is 967 g/mol. The number of para-hydroxylation sites is 4. The Balaban J connectivity index is 0.000000105. The topological polar surface area (TPSA) is 128 Å². The summed E-state index contributed by atoms with van der Waals surface area (Å²) in [5.74, 6) is 1.64. The van der Waals surface area contributed by atoms with Crippen molar-refractivity contribution in [2.24, 2.45) is 0 Å². The van der Waals surface area contributed by atoms with Crippen molar-refractivity contribution in [1.82, 2.24) is 34.3 Å². The van der Waals surface area contributed by atoms with E-state index in [0.717, 1.165) is 70.7 Å². The second-order valence-corrected chi connectivity index (χ2v) is 16.8. The number of benzene rings is 9. The Bertz CT molecular complexity index is 3620. The Morgan fingerprint density at radius 1 is 0.460 bits per heavy atom. The van der Waals surface area contributed by atoms with E-state index in [1.807, 2.05) is 91.0 Å². The molecule has 0 fully saturated rings. The van der Waals surface area contributed by atoms with Crippen molar-refractivity contribution in [3.63, 3.8) is 0 Å². The van der Waals surface area contributed by atoms with Gasteiger partial charge in [-0.05, 0) is 149 Å². The maximum absolute atomic E-state index is 5.79. The van der Waals surface area contributed by atoms with Crippen LogP contribution in [0.4, 0.5) is 17.3 Å². The van der Waals surface area contributed by atoms with Gasteiger partial charge in [0.2, 0.25) is 17.0 Å². The van der Waals surface area contributed by atoms with Crippen molar-refractivity contribution in [2.45, 2.75) is 0 Å². The van der Waals surface area contributed by atoms with Crippen LogP contribution in [-0.2, 0) is 0 Å². The smallest absolute Gasteiger partial charge is 0.213 e. The average Bonchev–Trinajstić information content (AvgIpc) is 4.06. The van der Waals surface area contributed by atoms with Gasteiger partial charge in [-0.2, -0.15) is 0 Å². The molecule has 0 radical (unpaired) electrons. The highest BCUT2D eigenvalue weighted by Gasteiger charge is 2.11. The second-order valence-electron chi connectivity index (χ2n) is 14.8. The minimum atomic E-state index is 0.440. The largest absolute Gasteiger partial charge is 0.398 e. The SMILES string of the molecule is Brc1ccccc1Nc1nc2cc3ccccc3cc2[nH]1.Clc1nc2cc3ccccc3cc2[nH]1.Nc1ccccc1Br.c1ccc2cc3c(cc2c1)[nH]c1nc2ccccc2n13. The minimum absolute atomic E-state index is 0.440. The lowest BCUT2D eigenvalue weighted by molar-refractivity contribution is 1.28. The molecule has 0 atom stereocenters. The zero-order valence-electron chi connectivity index (χ0n) is 33.3. The number of imidazole rings is 4. The maximum Gasteiger partial charge on any atom is 0.213 e. The number of nitrogen functional groups attached to an aromatic ring is 1. The molecule has 9 aromatic carbocycles. The zero-order chi connectivity index (χ0) is 42.9. The van der Waals surface area contributed by atoms with Gasteiger partial charge in [-0.1, -0.05) is 109 Å². The van der Waals surface area contributed by atoms with Gasteiger partial charge in [0, 0.05) is 14.6 Å². The fraction of sp³-hybridized carbons (Fsp3) is 0. The number of nitrogens with two attached hydrogens (primary N) is 1. The molecule has 0 spiro atoms. The Labute approximate surface area is 382 Å². The number of rotatable bonds is 2. The van der Waals surface area contributed by atoms with Crippen LogP contribution in [-0.4, -0.2) is 34.3 Å². The number of H-pyrrole nitrogens is 3. The number of nitrogens with one attached hydrogen (secondary N) is 4. The number of aromatic nitrogens is 7. The predicted octanol–water partition coefficient (Wildman–Crippen LogP) is 14.7. The summed E-state index contributed by atoms with van der Waals surface area (Å²) in [5.41, 5.74) is 15.6. The molecule has 4 aromatic heterocycles. The lowest BCUT2D eigenvalue weighted by atomic mass is 10.1. The first-order valence-electron chi connectivity index (χ1n) is 20.0. The van der Waals surface area contributed by atoms with Gasteiger partial charge in [-0.3, -0.25) is 4.40 Å². The van der Waals surface area contributed by atoms with E-state index in [-0.39, 0.29) is 0 Å². The third-order valence-electron chi connectivity index (χ3n) is 10.6. The summed E-state index contributed by atoms with van der Waals surface area (Å²) in [7, 11) is 0. The van der Waals surface area contributed by atoms with Crippen LogP contribution < -0.4 is 11.1 Å². The molecule has 0 saturated carbocycles. The molecular weight excluding hydrogens is 934 g/mol. The van der Waals surface area contributed by atoms with Gasteiger partial charge >= 0.3 is 0 Å². The Morgan fingerprint density at radius 2 is 0.968 bits per heavy atom. The van der Waals surface area contributed by atoms with Crippen molar-refractivity contribution in [1.29, 1.82) is 0 Å². The molecule has 4 heterocycles.